The molecule has 0 aromatic heterocycles. The molecule has 2 heteroatoms. The lowest BCUT2D eigenvalue weighted by Gasteiger charge is -2.28. The molecule has 0 aliphatic heterocycles. The largest absolute Gasteiger partial charge is 0.314 e. The Morgan fingerprint density at radius 2 is 2.00 bits per heavy atom. The minimum absolute atomic E-state index is 0.776. The highest BCUT2D eigenvalue weighted by Crippen LogP contribution is 2.23. The molecule has 1 aliphatic carbocycles. The minimum Gasteiger partial charge on any atom is -0.314 e. The van der Waals surface area contributed by atoms with E-state index < -0.39 is 0 Å². The van der Waals surface area contributed by atoms with E-state index in [0.29, 0.717) is 0 Å². The summed E-state index contributed by atoms with van der Waals surface area (Å²) >= 11 is 0. The third kappa shape index (κ3) is 5.64. The van der Waals surface area contributed by atoms with E-state index in [0.717, 1.165) is 25.0 Å². The summed E-state index contributed by atoms with van der Waals surface area (Å²) in [5.74, 6) is 0.919. The molecule has 1 aliphatic rings. The quantitative estimate of drug-likeness (QED) is 0.763. The van der Waals surface area contributed by atoms with Gasteiger partial charge in [-0.05, 0) is 50.9 Å². The van der Waals surface area contributed by atoms with Crippen LogP contribution in [-0.2, 0) is 6.54 Å². The molecule has 112 valence electrons. The number of hydrogen-bond donors (Lipinski definition) is 1. The monoisotopic (exact) mass is 274 g/mol. The Morgan fingerprint density at radius 1 is 1.20 bits per heavy atom. The van der Waals surface area contributed by atoms with Crippen molar-refractivity contribution in [2.45, 2.75) is 51.6 Å². The lowest BCUT2D eigenvalue weighted by atomic mass is 9.87. The Balaban J connectivity index is 1.56. The Morgan fingerprint density at radius 3 is 2.75 bits per heavy atom. The summed E-state index contributed by atoms with van der Waals surface area (Å²) in [6, 6.07) is 11.5. The van der Waals surface area contributed by atoms with Gasteiger partial charge in [0.1, 0.15) is 0 Å². The highest BCUT2D eigenvalue weighted by atomic mass is 15.1. The molecule has 0 radical (unpaired) electrons. The SMILES string of the molecule is CC1CCCC(NCCCN(C)Cc2ccccc2)C1. The van der Waals surface area contributed by atoms with Gasteiger partial charge in [-0.25, -0.2) is 0 Å². The highest BCUT2D eigenvalue weighted by molar-refractivity contribution is 5.14. The van der Waals surface area contributed by atoms with Gasteiger partial charge in [-0.2, -0.15) is 0 Å². The third-order valence-corrected chi connectivity index (χ3v) is 4.38. The molecule has 0 spiro atoms. The van der Waals surface area contributed by atoms with E-state index in [1.807, 2.05) is 0 Å². The van der Waals surface area contributed by atoms with Crippen molar-refractivity contribution in [3.8, 4) is 0 Å². The lowest BCUT2D eigenvalue weighted by Crippen LogP contribution is -2.35. The summed E-state index contributed by atoms with van der Waals surface area (Å²) < 4.78 is 0. The van der Waals surface area contributed by atoms with Crippen LogP contribution in [0.1, 0.15) is 44.6 Å². The standard InChI is InChI=1S/C18H30N2/c1-16-8-6-11-18(14-16)19-12-7-13-20(2)15-17-9-4-3-5-10-17/h3-5,9-10,16,18-19H,6-8,11-15H2,1-2H3. The van der Waals surface area contributed by atoms with E-state index >= 15 is 0 Å². The molecule has 1 aromatic carbocycles. The van der Waals surface area contributed by atoms with Crippen molar-refractivity contribution in [3.05, 3.63) is 35.9 Å². The van der Waals surface area contributed by atoms with E-state index in [4.69, 9.17) is 0 Å². The second kappa shape index (κ2) is 8.43. The zero-order valence-corrected chi connectivity index (χ0v) is 13.1. The molecular formula is C18H30N2. The average Bonchev–Trinajstić information content (AvgIpc) is 2.45. The van der Waals surface area contributed by atoms with Gasteiger partial charge in [0.25, 0.3) is 0 Å². The molecule has 0 bridgehead atoms. The van der Waals surface area contributed by atoms with Crippen LogP contribution in [0.15, 0.2) is 30.3 Å². The number of nitrogens with zero attached hydrogens (tertiary/aromatic N) is 1. The van der Waals surface area contributed by atoms with Crippen molar-refractivity contribution in [2.24, 2.45) is 5.92 Å². The van der Waals surface area contributed by atoms with Crippen molar-refractivity contribution >= 4 is 0 Å². The molecule has 1 N–H and O–H groups in total. The fraction of sp³-hybridized carbons (Fsp3) is 0.667. The zero-order chi connectivity index (χ0) is 14.2. The molecule has 2 unspecified atom stereocenters. The first-order valence-electron chi connectivity index (χ1n) is 8.20. The van der Waals surface area contributed by atoms with Gasteiger partial charge in [-0.15, -0.1) is 0 Å². The topological polar surface area (TPSA) is 15.3 Å². The number of nitrogens with one attached hydrogen (secondary N) is 1. The summed E-state index contributed by atoms with van der Waals surface area (Å²) in [5, 5.41) is 3.74. The number of rotatable bonds is 7. The molecule has 20 heavy (non-hydrogen) atoms. The number of benzene rings is 1. The van der Waals surface area contributed by atoms with Gasteiger partial charge in [0.2, 0.25) is 0 Å². The molecule has 1 fully saturated rings. The first-order valence-corrected chi connectivity index (χ1v) is 8.20. The third-order valence-electron chi connectivity index (χ3n) is 4.38. The van der Waals surface area contributed by atoms with Crippen LogP contribution in [0, 0.1) is 5.92 Å². The molecular weight excluding hydrogens is 244 g/mol. The summed E-state index contributed by atoms with van der Waals surface area (Å²) in [6.07, 6.45) is 6.84. The van der Waals surface area contributed by atoms with Gasteiger partial charge in [0.15, 0.2) is 0 Å². The van der Waals surface area contributed by atoms with Crippen LogP contribution in [0.4, 0.5) is 0 Å². The zero-order valence-electron chi connectivity index (χ0n) is 13.1. The Kier molecular flexibility index (Phi) is 6.55. The predicted octanol–water partition coefficient (Wildman–Crippen LogP) is 3.68. The summed E-state index contributed by atoms with van der Waals surface area (Å²) in [5.41, 5.74) is 1.41. The molecule has 1 saturated carbocycles. The van der Waals surface area contributed by atoms with E-state index in [-0.39, 0.29) is 0 Å². The first kappa shape index (κ1) is 15.5. The minimum atomic E-state index is 0.776. The van der Waals surface area contributed by atoms with Crippen molar-refractivity contribution in [2.75, 3.05) is 20.1 Å². The van der Waals surface area contributed by atoms with Crippen molar-refractivity contribution in [3.63, 3.8) is 0 Å². The Hall–Kier alpha value is -0.860. The molecule has 1 aromatic rings. The van der Waals surface area contributed by atoms with Gasteiger partial charge in [-0.3, -0.25) is 0 Å². The molecule has 2 atom stereocenters. The Bertz CT molecular complexity index is 363. The maximum atomic E-state index is 3.74. The highest BCUT2D eigenvalue weighted by Gasteiger charge is 2.17. The second-order valence-electron chi connectivity index (χ2n) is 6.50. The van der Waals surface area contributed by atoms with E-state index in [9.17, 15) is 0 Å². The summed E-state index contributed by atoms with van der Waals surface area (Å²) in [4.78, 5) is 2.42. The van der Waals surface area contributed by atoms with Crippen LogP contribution in [0.25, 0.3) is 0 Å². The number of hydrogen-bond acceptors (Lipinski definition) is 2. The van der Waals surface area contributed by atoms with Crippen LogP contribution in [0.3, 0.4) is 0 Å². The summed E-state index contributed by atoms with van der Waals surface area (Å²) in [6.45, 7) is 5.78. The molecule has 0 heterocycles. The molecule has 2 rings (SSSR count). The van der Waals surface area contributed by atoms with Crippen LogP contribution >= 0.6 is 0 Å². The van der Waals surface area contributed by atoms with Crippen molar-refractivity contribution in [1.29, 1.82) is 0 Å². The Labute approximate surface area is 124 Å². The maximum absolute atomic E-state index is 3.74. The molecule has 0 saturated heterocycles. The smallest absolute Gasteiger partial charge is 0.0230 e. The van der Waals surface area contributed by atoms with E-state index in [1.54, 1.807) is 0 Å². The van der Waals surface area contributed by atoms with Crippen LogP contribution in [0.2, 0.25) is 0 Å². The fourth-order valence-corrected chi connectivity index (χ4v) is 3.25. The average molecular weight is 274 g/mol. The second-order valence-corrected chi connectivity index (χ2v) is 6.50. The van der Waals surface area contributed by atoms with Gasteiger partial charge in [0.05, 0.1) is 0 Å². The van der Waals surface area contributed by atoms with Gasteiger partial charge < -0.3 is 10.2 Å². The van der Waals surface area contributed by atoms with Crippen LogP contribution in [-0.4, -0.2) is 31.1 Å². The van der Waals surface area contributed by atoms with Crippen LogP contribution in [0.5, 0.6) is 0 Å². The van der Waals surface area contributed by atoms with Crippen molar-refractivity contribution in [1.82, 2.24) is 10.2 Å². The van der Waals surface area contributed by atoms with E-state index in [2.05, 4.69) is 54.5 Å². The van der Waals surface area contributed by atoms with Gasteiger partial charge >= 0.3 is 0 Å². The van der Waals surface area contributed by atoms with Gasteiger partial charge in [0, 0.05) is 12.6 Å². The lowest BCUT2D eigenvalue weighted by molar-refractivity contribution is 0.285. The predicted molar refractivity (Wildman–Crippen MR) is 86.8 cm³/mol. The van der Waals surface area contributed by atoms with Crippen LogP contribution < -0.4 is 5.32 Å². The molecule has 2 nitrogen and oxygen atoms in total. The van der Waals surface area contributed by atoms with E-state index in [1.165, 1.54) is 44.2 Å². The first-order chi connectivity index (χ1) is 9.74. The fourth-order valence-electron chi connectivity index (χ4n) is 3.25. The van der Waals surface area contributed by atoms with Crippen molar-refractivity contribution < 1.29 is 0 Å². The van der Waals surface area contributed by atoms with Gasteiger partial charge in [-0.1, -0.05) is 50.1 Å². The normalized spacial score (nSPS) is 23.1. The summed E-state index contributed by atoms with van der Waals surface area (Å²) in [7, 11) is 2.22. The molecule has 0 amide bonds. The maximum Gasteiger partial charge on any atom is 0.0230 e.